The molecule has 0 amide bonds. The van der Waals surface area contributed by atoms with Crippen molar-refractivity contribution in [3.05, 3.63) is 0 Å². The molecule has 12 heavy (non-hydrogen) atoms. The van der Waals surface area contributed by atoms with E-state index in [0.717, 1.165) is 0 Å². The summed E-state index contributed by atoms with van der Waals surface area (Å²) >= 11 is 0. The number of aliphatic hydroxyl groups excluding tert-OH is 6. The summed E-state index contributed by atoms with van der Waals surface area (Å²) in [4.78, 5) is 0. The van der Waals surface area contributed by atoms with Crippen molar-refractivity contribution >= 4 is 0 Å². The molecule has 0 radical (unpaired) electrons. The number of rotatable bonds is 5. The van der Waals surface area contributed by atoms with Crippen LogP contribution in [0.3, 0.4) is 0 Å². The Kier molecular flexibility index (Phi) is 10.5. The zero-order valence-corrected chi connectivity index (χ0v) is 6.63. The summed E-state index contributed by atoms with van der Waals surface area (Å²) < 4.78 is 6.07. The lowest BCUT2D eigenvalue weighted by molar-refractivity contribution is 0.0450. The second kappa shape index (κ2) is 10.8. The molecule has 6 N–H and O–H groups in total. The first-order valence-electron chi connectivity index (χ1n) is 3.79. The van der Waals surface area contributed by atoms with E-state index in [1.165, 1.54) is 0 Å². The summed E-state index contributed by atoms with van der Waals surface area (Å²) in [6.45, 7) is -1.21. The Balaban J connectivity index is 0. The fourth-order valence-electron chi connectivity index (χ4n) is 0.110. The van der Waals surface area contributed by atoms with Crippen LogP contribution in [0.2, 0.25) is 0 Å². The van der Waals surface area contributed by atoms with E-state index < -0.39 is 12.2 Å². The molecule has 0 bridgehead atoms. The Morgan fingerprint density at radius 1 is 0.833 bits per heavy atom. The van der Waals surface area contributed by atoms with Crippen LogP contribution in [0.4, 0.5) is 0 Å². The Hall–Kier alpha value is -0.240. The van der Waals surface area contributed by atoms with E-state index in [-0.39, 0.29) is 26.4 Å². The highest BCUT2D eigenvalue weighted by molar-refractivity contribution is 4.44. The quantitative estimate of drug-likeness (QED) is 0.266. The summed E-state index contributed by atoms with van der Waals surface area (Å²) in [6, 6.07) is 0. The maximum Gasteiger partial charge on any atom is 0.210 e. The maximum atomic E-state index is 8.36. The average Bonchev–Trinajstić information content (AvgIpc) is 2.18. The standard InChI is InChI=1S/2C3H8O3/c2*4-1-3(6)2-5/h2*3-6H,1-2H2/i4D;. The van der Waals surface area contributed by atoms with Gasteiger partial charge in [-0.15, -0.1) is 0 Å². The van der Waals surface area contributed by atoms with Crippen LogP contribution in [-0.2, 0) is 0 Å². The molecule has 0 aromatic heterocycles. The van der Waals surface area contributed by atoms with Gasteiger partial charge in [0, 0.05) is 0 Å². The largest absolute Gasteiger partial charge is 0.394 e. The molecule has 0 heterocycles. The van der Waals surface area contributed by atoms with Crippen LogP contribution in [0.25, 0.3) is 0 Å². The molecule has 1 unspecified atom stereocenters. The summed E-state index contributed by atoms with van der Waals surface area (Å²) in [7, 11) is 0. The second-order valence-corrected chi connectivity index (χ2v) is 2.02. The third-order valence-electron chi connectivity index (χ3n) is 0.825. The van der Waals surface area contributed by atoms with Gasteiger partial charge in [-0.2, -0.15) is 0 Å². The lowest BCUT2D eigenvalue weighted by Gasteiger charge is -1.96. The van der Waals surface area contributed by atoms with Gasteiger partial charge in [-0.1, -0.05) is 0 Å². The van der Waals surface area contributed by atoms with Crippen LogP contribution in [0.1, 0.15) is 0 Å². The van der Waals surface area contributed by atoms with Gasteiger partial charge in [0.1, 0.15) is 12.2 Å². The van der Waals surface area contributed by atoms with Crippen molar-refractivity contribution in [1.29, 1.82) is 1.43 Å². The van der Waals surface area contributed by atoms with Gasteiger partial charge in [-0.3, -0.25) is 0 Å². The summed E-state index contributed by atoms with van der Waals surface area (Å²) in [5.74, 6) is 0. The predicted molar refractivity (Wildman–Crippen MR) is 40.4 cm³/mol. The molecule has 0 spiro atoms. The van der Waals surface area contributed by atoms with Crippen molar-refractivity contribution in [1.82, 2.24) is 0 Å². The molecule has 0 saturated heterocycles. The smallest absolute Gasteiger partial charge is 0.210 e. The molecule has 76 valence electrons. The van der Waals surface area contributed by atoms with E-state index in [9.17, 15) is 0 Å². The van der Waals surface area contributed by atoms with Crippen LogP contribution in [0, 0.1) is 0 Å². The fourth-order valence-corrected chi connectivity index (χ4v) is 0.110. The van der Waals surface area contributed by atoms with Crippen LogP contribution in [0.15, 0.2) is 0 Å². The van der Waals surface area contributed by atoms with E-state index in [1.807, 2.05) is 0 Å². The summed E-state index contributed by atoms with van der Waals surface area (Å²) in [5, 5.41) is 44.2. The van der Waals surface area contributed by atoms with Gasteiger partial charge in [0.15, 0.2) is 0 Å². The minimum atomic E-state index is -0.954. The highest BCUT2D eigenvalue weighted by atomic mass is 16.3. The molecule has 0 aliphatic rings. The average molecular weight is 185 g/mol. The monoisotopic (exact) mass is 185 g/mol. The van der Waals surface area contributed by atoms with E-state index in [1.54, 1.807) is 0 Å². The fraction of sp³-hybridized carbons (Fsp3) is 1.00. The lowest BCUT2D eigenvalue weighted by Crippen LogP contribution is -2.15. The van der Waals surface area contributed by atoms with Gasteiger partial charge < -0.3 is 30.6 Å². The van der Waals surface area contributed by atoms with Gasteiger partial charge in [0.25, 0.3) is 0 Å². The van der Waals surface area contributed by atoms with Gasteiger partial charge >= 0.3 is 0 Å². The molecule has 0 saturated carbocycles. The highest BCUT2D eigenvalue weighted by Gasteiger charge is 1.94. The second-order valence-electron chi connectivity index (χ2n) is 2.02. The molecule has 1 atom stereocenters. The van der Waals surface area contributed by atoms with Crippen LogP contribution in [-0.4, -0.2) is 70.7 Å². The van der Waals surface area contributed by atoms with Gasteiger partial charge in [0.2, 0.25) is 1.43 Å². The van der Waals surface area contributed by atoms with Crippen molar-refractivity contribution in [3.8, 4) is 0 Å². The molecule has 0 aromatic carbocycles. The van der Waals surface area contributed by atoms with E-state index in [0.29, 0.717) is 0 Å². The molecule has 6 heteroatoms. The zero-order valence-electron chi connectivity index (χ0n) is 7.63. The number of hydrogen-bond acceptors (Lipinski definition) is 6. The van der Waals surface area contributed by atoms with E-state index in [2.05, 4.69) is 5.11 Å². The molecule has 6 nitrogen and oxygen atoms in total. The number of hydrogen-bond donors (Lipinski definition) is 6. The predicted octanol–water partition coefficient (Wildman–Crippen LogP) is -3.34. The third-order valence-corrected chi connectivity index (χ3v) is 0.825. The van der Waals surface area contributed by atoms with Gasteiger partial charge in [0.05, 0.1) is 26.4 Å². The third kappa shape index (κ3) is 12.4. The topological polar surface area (TPSA) is 121 Å². The minimum Gasteiger partial charge on any atom is -0.394 e. The lowest BCUT2D eigenvalue weighted by atomic mass is 10.4. The van der Waals surface area contributed by atoms with Crippen molar-refractivity contribution in [2.24, 2.45) is 0 Å². The molecular weight excluding hydrogens is 168 g/mol. The van der Waals surface area contributed by atoms with Gasteiger partial charge in [-0.25, -0.2) is 0 Å². The van der Waals surface area contributed by atoms with Crippen molar-refractivity contribution in [2.75, 3.05) is 26.4 Å². The molecule has 0 rings (SSSR count). The van der Waals surface area contributed by atoms with E-state index >= 15 is 0 Å². The Morgan fingerprint density at radius 2 is 1.17 bits per heavy atom. The SMILES string of the molecule is OCC(O)CO.[2H]OCC(O)CO. The zero-order chi connectivity index (χ0) is 10.7. The first kappa shape index (κ1) is 11.8. The van der Waals surface area contributed by atoms with Gasteiger partial charge in [-0.05, 0) is 0 Å². The van der Waals surface area contributed by atoms with Crippen molar-refractivity contribution in [2.45, 2.75) is 12.2 Å². The van der Waals surface area contributed by atoms with Crippen LogP contribution < -0.4 is 0 Å². The van der Waals surface area contributed by atoms with Crippen molar-refractivity contribution < 1.29 is 30.6 Å². The molecule has 0 aliphatic carbocycles. The first-order valence-corrected chi connectivity index (χ1v) is 3.39. The number of aliphatic hydroxyl groups is 6. The normalized spacial score (nSPS) is 13.3. The first-order chi connectivity index (χ1) is 6.12. The van der Waals surface area contributed by atoms with E-state index in [4.69, 9.17) is 27.0 Å². The molecular formula is C6H16O6. The Bertz CT molecular complexity index is 89.2. The van der Waals surface area contributed by atoms with Crippen LogP contribution in [0.5, 0.6) is 0 Å². The maximum absolute atomic E-state index is 8.36. The highest BCUT2D eigenvalue weighted by Crippen LogP contribution is 1.72. The minimum absolute atomic E-state index is 0.128. The Morgan fingerprint density at radius 3 is 1.25 bits per heavy atom. The summed E-state index contributed by atoms with van der Waals surface area (Å²) in [5.41, 5.74) is 0. The van der Waals surface area contributed by atoms with Crippen molar-refractivity contribution in [3.63, 3.8) is 0 Å². The summed E-state index contributed by atoms with van der Waals surface area (Å²) in [6.07, 6.45) is -1.86. The molecule has 0 fully saturated rings. The molecule has 0 aromatic rings. The van der Waals surface area contributed by atoms with Crippen LogP contribution >= 0.6 is 0 Å². The Labute approximate surface area is 71.8 Å². The molecule has 0 aliphatic heterocycles.